The lowest BCUT2D eigenvalue weighted by Gasteiger charge is -2.10. The molecule has 0 unspecified atom stereocenters. The Bertz CT molecular complexity index is 312. The van der Waals surface area contributed by atoms with Crippen molar-refractivity contribution in [1.29, 1.82) is 0 Å². The number of benzene rings is 1. The van der Waals surface area contributed by atoms with Crippen LogP contribution in [0, 0.1) is 0 Å². The molecule has 1 aromatic rings. The maximum atomic E-state index is 9.82. The summed E-state index contributed by atoms with van der Waals surface area (Å²) in [4.78, 5) is 0. The topological polar surface area (TPSA) is 20.2 Å². The highest BCUT2D eigenvalue weighted by Crippen LogP contribution is 2.28. The minimum Gasteiger partial charge on any atom is -0.507 e. The minimum atomic E-state index is 0.254. The lowest BCUT2D eigenvalue weighted by Crippen LogP contribution is -1.93. The molecule has 0 heterocycles. The maximum Gasteiger partial charge on any atom is 0.124 e. The average Bonchev–Trinajstić information content (AvgIpc) is 2.31. The third-order valence-electron chi connectivity index (χ3n) is 2.68. The van der Waals surface area contributed by atoms with Gasteiger partial charge in [0.1, 0.15) is 5.75 Å². The van der Waals surface area contributed by atoms with Crippen LogP contribution in [-0.2, 0) is 18.2 Å². The van der Waals surface area contributed by atoms with Crippen molar-refractivity contribution in [1.82, 2.24) is 0 Å². The molecule has 90 valence electrons. The van der Waals surface area contributed by atoms with E-state index >= 15 is 0 Å². The van der Waals surface area contributed by atoms with Crippen LogP contribution in [0.1, 0.15) is 42.9 Å². The molecule has 0 aliphatic rings. The summed E-state index contributed by atoms with van der Waals surface area (Å²) in [7, 11) is 0. The van der Waals surface area contributed by atoms with Gasteiger partial charge in [0.15, 0.2) is 0 Å². The molecule has 3 heteroatoms. The number of aryl methyl sites for hydroxylation is 1. The Balaban J connectivity index is 2.84. The third kappa shape index (κ3) is 3.57. The monoisotopic (exact) mass is 260 g/mol. The highest BCUT2D eigenvalue weighted by Gasteiger charge is 2.08. The van der Waals surface area contributed by atoms with Gasteiger partial charge in [0.25, 0.3) is 0 Å². The number of phenols is 1. The Morgan fingerprint density at radius 3 is 2.06 bits per heavy atom. The first-order valence-electron chi connectivity index (χ1n) is 5.68. The van der Waals surface area contributed by atoms with E-state index in [0.717, 1.165) is 17.5 Å². The van der Waals surface area contributed by atoms with E-state index in [0.29, 0.717) is 11.8 Å². The highest BCUT2D eigenvalue weighted by atomic mass is 35.5. The van der Waals surface area contributed by atoms with E-state index < -0.39 is 0 Å². The van der Waals surface area contributed by atoms with Gasteiger partial charge < -0.3 is 5.11 Å². The molecule has 16 heavy (non-hydrogen) atoms. The van der Waals surface area contributed by atoms with Crippen molar-refractivity contribution < 1.29 is 5.11 Å². The highest BCUT2D eigenvalue weighted by molar-refractivity contribution is 6.18. The largest absolute Gasteiger partial charge is 0.507 e. The third-order valence-corrected chi connectivity index (χ3v) is 3.26. The van der Waals surface area contributed by atoms with Gasteiger partial charge in [0, 0.05) is 11.1 Å². The number of rotatable bonds is 6. The number of halogens is 2. The van der Waals surface area contributed by atoms with Crippen LogP contribution in [0.5, 0.6) is 5.75 Å². The molecule has 0 amide bonds. The first kappa shape index (κ1) is 13.7. The zero-order valence-electron chi connectivity index (χ0n) is 9.60. The molecule has 0 aliphatic carbocycles. The molecule has 0 atom stereocenters. The van der Waals surface area contributed by atoms with Gasteiger partial charge in [-0.15, -0.1) is 23.2 Å². The van der Waals surface area contributed by atoms with Crippen LogP contribution in [-0.4, -0.2) is 5.11 Å². The Morgan fingerprint density at radius 1 is 1.06 bits per heavy atom. The zero-order chi connectivity index (χ0) is 12.0. The lowest BCUT2D eigenvalue weighted by molar-refractivity contribution is 0.465. The second-order valence-electron chi connectivity index (χ2n) is 3.99. The fraction of sp³-hybridized carbons (Fsp3) is 0.538. The van der Waals surface area contributed by atoms with Crippen LogP contribution in [0.25, 0.3) is 0 Å². The lowest BCUT2D eigenvalue weighted by atomic mass is 10.0. The van der Waals surface area contributed by atoms with Crippen LogP contribution in [0.3, 0.4) is 0 Å². The van der Waals surface area contributed by atoms with Gasteiger partial charge in [0.05, 0.1) is 11.8 Å². The number of alkyl halides is 2. The van der Waals surface area contributed by atoms with Crippen molar-refractivity contribution in [2.24, 2.45) is 0 Å². The second-order valence-corrected chi connectivity index (χ2v) is 4.52. The molecule has 1 nitrogen and oxygen atoms in total. The number of aromatic hydroxyl groups is 1. The summed E-state index contributed by atoms with van der Waals surface area (Å²) in [5, 5.41) is 9.82. The molecule has 0 aliphatic heterocycles. The van der Waals surface area contributed by atoms with Crippen LogP contribution in [0.15, 0.2) is 12.1 Å². The molecular formula is C13H18Cl2O. The fourth-order valence-corrected chi connectivity index (χ4v) is 2.17. The zero-order valence-corrected chi connectivity index (χ0v) is 11.1. The number of hydrogen-bond donors (Lipinski definition) is 1. The smallest absolute Gasteiger partial charge is 0.124 e. The molecule has 0 saturated carbocycles. The molecule has 0 spiro atoms. The Morgan fingerprint density at radius 2 is 1.62 bits per heavy atom. The maximum absolute atomic E-state index is 9.82. The summed E-state index contributed by atoms with van der Waals surface area (Å²) in [6, 6.07) is 3.96. The number of unbranched alkanes of at least 4 members (excludes halogenated alkanes) is 2. The summed E-state index contributed by atoms with van der Waals surface area (Å²) in [6.45, 7) is 2.19. The van der Waals surface area contributed by atoms with E-state index in [-0.39, 0.29) is 5.75 Å². The summed E-state index contributed by atoms with van der Waals surface area (Å²) in [6.07, 6.45) is 4.64. The van der Waals surface area contributed by atoms with Crippen molar-refractivity contribution in [2.75, 3.05) is 0 Å². The van der Waals surface area contributed by atoms with E-state index in [2.05, 4.69) is 6.92 Å². The van der Waals surface area contributed by atoms with Gasteiger partial charge in [-0.3, -0.25) is 0 Å². The van der Waals surface area contributed by atoms with Crippen LogP contribution in [0.4, 0.5) is 0 Å². The normalized spacial score (nSPS) is 10.7. The van der Waals surface area contributed by atoms with Gasteiger partial charge in [-0.25, -0.2) is 0 Å². The Labute approximate surface area is 107 Å². The van der Waals surface area contributed by atoms with Gasteiger partial charge >= 0.3 is 0 Å². The van der Waals surface area contributed by atoms with Gasteiger partial charge in [0.2, 0.25) is 0 Å². The summed E-state index contributed by atoms with van der Waals surface area (Å²) in [5.41, 5.74) is 2.79. The molecule has 0 fully saturated rings. The predicted octanol–water partition coefficient (Wildman–Crippen LogP) is 4.60. The van der Waals surface area contributed by atoms with Gasteiger partial charge in [-0.1, -0.05) is 31.9 Å². The molecule has 0 bridgehead atoms. The van der Waals surface area contributed by atoms with E-state index in [4.69, 9.17) is 23.2 Å². The van der Waals surface area contributed by atoms with E-state index in [9.17, 15) is 5.11 Å². The van der Waals surface area contributed by atoms with Gasteiger partial charge in [-0.05, 0) is 18.4 Å². The average molecular weight is 261 g/mol. The predicted molar refractivity (Wildman–Crippen MR) is 70.4 cm³/mol. The number of hydrogen-bond acceptors (Lipinski definition) is 1. The summed E-state index contributed by atoms with van der Waals surface area (Å²) < 4.78 is 0. The van der Waals surface area contributed by atoms with Crippen molar-refractivity contribution in [3.63, 3.8) is 0 Å². The molecule has 1 rings (SSSR count). The van der Waals surface area contributed by atoms with Crippen molar-refractivity contribution >= 4 is 23.2 Å². The standard InChI is InChI=1S/C13H18Cl2O/c1-2-3-4-5-10-6-11(8-14)13(16)12(7-10)9-15/h6-7,16H,2-5,8-9H2,1H3. The Hall–Kier alpha value is -0.400. The SMILES string of the molecule is CCCCCc1cc(CCl)c(O)c(CCl)c1. The number of phenolic OH excluding ortho intramolecular Hbond substituents is 1. The summed E-state index contributed by atoms with van der Waals surface area (Å²) >= 11 is 11.6. The molecular weight excluding hydrogens is 243 g/mol. The van der Waals surface area contributed by atoms with Crippen LogP contribution in [0.2, 0.25) is 0 Å². The summed E-state index contributed by atoms with van der Waals surface area (Å²) in [5.74, 6) is 0.915. The molecule has 0 radical (unpaired) electrons. The quantitative estimate of drug-likeness (QED) is 0.586. The first-order valence-corrected chi connectivity index (χ1v) is 6.75. The van der Waals surface area contributed by atoms with Crippen molar-refractivity contribution in [3.05, 3.63) is 28.8 Å². The Kier molecular flexibility index (Phi) is 6.00. The van der Waals surface area contributed by atoms with Crippen LogP contribution >= 0.6 is 23.2 Å². The molecule has 0 aromatic heterocycles. The molecule has 1 N–H and O–H groups in total. The molecule has 1 aromatic carbocycles. The fourth-order valence-electron chi connectivity index (χ4n) is 1.76. The minimum absolute atomic E-state index is 0.254. The van der Waals surface area contributed by atoms with Crippen molar-refractivity contribution in [2.45, 2.75) is 44.4 Å². The van der Waals surface area contributed by atoms with Crippen molar-refractivity contribution in [3.8, 4) is 5.75 Å². The second kappa shape index (κ2) is 7.03. The van der Waals surface area contributed by atoms with Crippen LogP contribution < -0.4 is 0 Å². The van der Waals surface area contributed by atoms with E-state index in [1.54, 1.807) is 0 Å². The van der Waals surface area contributed by atoms with Gasteiger partial charge in [-0.2, -0.15) is 0 Å². The van der Waals surface area contributed by atoms with E-state index in [1.165, 1.54) is 24.8 Å². The van der Waals surface area contributed by atoms with E-state index in [1.807, 2.05) is 12.1 Å². The molecule has 0 saturated heterocycles. The first-order chi connectivity index (χ1) is 7.72.